The Morgan fingerprint density at radius 1 is 0.969 bits per heavy atom. The van der Waals surface area contributed by atoms with Gasteiger partial charge >= 0.3 is 12.0 Å². The van der Waals surface area contributed by atoms with Crippen LogP contribution in [0, 0.1) is 0 Å². The van der Waals surface area contributed by atoms with Gasteiger partial charge in [0.1, 0.15) is 17.1 Å². The number of rotatable bonds is 5. The maximum Gasteiger partial charge on any atom is 0.336 e. The van der Waals surface area contributed by atoms with Gasteiger partial charge in [0.2, 0.25) is 0 Å². The van der Waals surface area contributed by atoms with E-state index < -0.39 is 12.0 Å². The molecular formula is C23H18N2O7. The molecule has 1 heterocycles. The van der Waals surface area contributed by atoms with Crippen molar-refractivity contribution < 1.29 is 29.3 Å². The van der Waals surface area contributed by atoms with Crippen molar-refractivity contribution in [2.24, 2.45) is 0 Å². The third-order valence-electron chi connectivity index (χ3n) is 4.85. The zero-order valence-electron chi connectivity index (χ0n) is 16.6. The molecule has 0 spiro atoms. The van der Waals surface area contributed by atoms with Crippen LogP contribution in [0.15, 0.2) is 63.8 Å². The van der Waals surface area contributed by atoms with E-state index >= 15 is 0 Å². The molecule has 2 aromatic rings. The summed E-state index contributed by atoms with van der Waals surface area (Å²) in [5.41, 5.74) is 1.53. The minimum atomic E-state index is -1.22. The second kappa shape index (κ2) is 8.40. The van der Waals surface area contributed by atoms with Crippen LogP contribution in [-0.2, 0) is 0 Å². The number of aromatic hydroxyl groups is 1. The zero-order chi connectivity index (χ0) is 22.8. The molecule has 0 aromatic heterocycles. The summed E-state index contributed by atoms with van der Waals surface area (Å²) in [6.45, 7) is -0.178. The quantitative estimate of drug-likeness (QED) is 0.303. The Bertz CT molecular complexity index is 1380. The molecule has 9 heteroatoms. The number of carbonyl (C=O) groups is 2. The molecule has 0 saturated heterocycles. The van der Waals surface area contributed by atoms with Crippen molar-refractivity contribution in [3.63, 3.8) is 0 Å². The van der Waals surface area contributed by atoms with Gasteiger partial charge < -0.3 is 30.4 Å². The van der Waals surface area contributed by atoms with Gasteiger partial charge in [-0.2, -0.15) is 0 Å². The Balaban J connectivity index is 1.94. The van der Waals surface area contributed by atoms with Gasteiger partial charge in [-0.05, 0) is 42.0 Å². The number of phenols is 1. The van der Waals surface area contributed by atoms with Crippen molar-refractivity contribution in [2.45, 2.75) is 0 Å². The van der Waals surface area contributed by atoms with Crippen LogP contribution < -0.4 is 16.1 Å². The molecule has 1 aliphatic heterocycles. The summed E-state index contributed by atoms with van der Waals surface area (Å²) in [6.07, 6.45) is 0. The molecule has 2 aromatic carbocycles. The van der Waals surface area contributed by atoms with E-state index in [1.807, 2.05) is 0 Å². The number of carbonyl (C=O) groups excluding carboxylic acids is 1. The average Bonchev–Trinajstić information content (AvgIpc) is 2.76. The third kappa shape index (κ3) is 3.96. The van der Waals surface area contributed by atoms with Crippen molar-refractivity contribution in [1.82, 2.24) is 5.32 Å². The largest absolute Gasteiger partial charge is 0.508 e. The molecule has 0 fully saturated rings. The van der Waals surface area contributed by atoms with Crippen LogP contribution in [0.4, 0.5) is 10.5 Å². The maximum atomic E-state index is 12.1. The first-order chi connectivity index (χ1) is 15.4. The Labute approximate surface area is 180 Å². The molecule has 0 radical (unpaired) electrons. The Morgan fingerprint density at radius 2 is 1.75 bits per heavy atom. The highest BCUT2D eigenvalue weighted by atomic mass is 16.4. The summed E-state index contributed by atoms with van der Waals surface area (Å²) < 4.78 is 5.79. The molecule has 5 N–H and O–H groups in total. The number of urea groups is 1. The number of aliphatic hydroxyl groups is 1. The zero-order valence-corrected chi connectivity index (χ0v) is 16.6. The van der Waals surface area contributed by atoms with Crippen LogP contribution in [0.1, 0.15) is 10.4 Å². The van der Waals surface area contributed by atoms with Gasteiger partial charge in [0.25, 0.3) is 0 Å². The summed E-state index contributed by atoms with van der Waals surface area (Å²) in [4.78, 5) is 35.9. The summed E-state index contributed by atoms with van der Waals surface area (Å²) >= 11 is 0. The normalized spacial score (nSPS) is 10.9. The molecule has 32 heavy (non-hydrogen) atoms. The van der Waals surface area contributed by atoms with Crippen LogP contribution in [0.2, 0.25) is 0 Å². The summed E-state index contributed by atoms with van der Waals surface area (Å²) in [5, 5.41) is 34.0. The molecular weight excluding hydrogens is 416 g/mol. The van der Waals surface area contributed by atoms with Crippen molar-refractivity contribution in [1.29, 1.82) is 0 Å². The lowest BCUT2D eigenvalue weighted by atomic mass is 9.90. The number of fused-ring (bicyclic) bond motifs is 2. The monoisotopic (exact) mass is 434 g/mol. The van der Waals surface area contributed by atoms with E-state index in [1.165, 1.54) is 30.3 Å². The molecule has 0 atom stereocenters. The maximum absolute atomic E-state index is 12.1. The minimum Gasteiger partial charge on any atom is -0.508 e. The molecule has 1 aliphatic carbocycles. The molecule has 2 amide bonds. The number of carboxylic acid groups (broad SMARTS) is 1. The van der Waals surface area contributed by atoms with Crippen molar-refractivity contribution >= 4 is 28.7 Å². The molecule has 2 aliphatic rings. The topological polar surface area (TPSA) is 149 Å². The summed E-state index contributed by atoms with van der Waals surface area (Å²) in [7, 11) is 0. The van der Waals surface area contributed by atoms with Gasteiger partial charge in [0, 0.05) is 40.9 Å². The number of anilines is 1. The van der Waals surface area contributed by atoms with Gasteiger partial charge in [0.05, 0.1) is 12.2 Å². The lowest BCUT2D eigenvalue weighted by Gasteiger charge is -2.17. The van der Waals surface area contributed by atoms with Crippen LogP contribution in [0.3, 0.4) is 0 Å². The van der Waals surface area contributed by atoms with Crippen molar-refractivity contribution in [3.05, 3.63) is 70.4 Å². The number of phenolic OH excluding ortho intramolecular Hbond substituents is 1. The average molecular weight is 434 g/mol. The summed E-state index contributed by atoms with van der Waals surface area (Å²) in [5.74, 6) is -1.02. The van der Waals surface area contributed by atoms with E-state index in [2.05, 4.69) is 10.6 Å². The van der Waals surface area contributed by atoms with E-state index in [-0.39, 0.29) is 46.9 Å². The lowest BCUT2D eigenvalue weighted by Crippen LogP contribution is -2.31. The predicted octanol–water partition coefficient (Wildman–Crippen LogP) is 3.08. The Kier molecular flexibility index (Phi) is 5.48. The number of nitrogens with one attached hydrogen (secondary N) is 2. The van der Waals surface area contributed by atoms with E-state index in [4.69, 9.17) is 9.52 Å². The molecule has 0 saturated carbocycles. The highest BCUT2D eigenvalue weighted by molar-refractivity contribution is 6.08. The molecule has 0 unspecified atom stereocenters. The predicted molar refractivity (Wildman–Crippen MR) is 117 cm³/mol. The van der Waals surface area contributed by atoms with E-state index in [0.717, 1.165) is 0 Å². The van der Waals surface area contributed by atoms with E-state index in [9.17, 15) is 24.6 Å². The number of carboxylic acids is 1. The SMILES string of the molecule is O=C(NCCO)Nc1ccc(-c2c3ccc(=O)cc-3oc3cc(O)ccc23)c(C(=O)O)c1. The fourth-order valence-corrected chi connectivity index (χ4v) is 3.51. The number of aliphatic hydroxyl groups excluding tert-OH is 1. The number of hydrogen-bond acceptors (Lipinski definition) is 6. The van der Waals surface area contributed by atoms with Gasteiger partial charge in [-0.1, -0.05) is 6.07 Å². The molecule has 162 valence electrons. The highest BCUT2D eigenvalue weighted by Gasteiger charge is 2.22. The number of benzene rings is 3. The van der Waals surface area contributed by atoms with E-state index in [1.54, 1.807) is 24.3 Å². The number of aromatic carboxylic acids is 1. The second-order valence-corrected chi connectivity index (χ2v) is 6.99. The van der Waals surface area contributed by atoms with E-state index in [0.29, 0.717) is 22.1 Å². The lowest BCUT2D eigenvalue weighted by molar-refractivity contribution is 0.0697. The first kappa shape index (κ1) is 20.9. The molecule has 4 rings (SSSR count). The number of amides is 2. The number of hydrogen-bond donors (Lipinski definition) is 5. The van der Waals surface area contributed by atoms with Gasteiger partial charge in [-0.25, -0.2) is 9.59 Å². The smallest absolute Gasteiger partial charge is 0.336 e. The highest BCUT2D eigenvalue weighted by Crippen LogP contribution is 2.42. The van der Waals surface area contributed by atoms with Crippen LogP contribution in [0.25, 0.3) is 33.4 Å². The fraction of sp³-hybridized carbons (Fsp3) is 0.0870. The van der Waals surface area contributed by atoms with Crippen LogP contribution >= 0.6 is 0 Å². The fourth-order valence-electron chi connectivity index (χ4n) is 3.51. The van der Waals surface area contributed by atoms with Gasteiger partial charge in [-0.3, -0.25) is 4.79 Å². The van der Waals surface area contributed by atoms with Crippen LogP contribution in [-0.4, -0.2) is 40.5 Å². The minimum absolute atomic E-state index is 0.0447. The van der Waals surface area contributed by atoms with Gasteiger partial charge in [-0.15, -0.1) is 0 Å². The summed E-state index contributed by atoms with van der Waals surface area (Å²) in [6, 6.07) is 12.5. The Hall–Kier alpha value is -4.37. The van der Waals surface area contributed by atoms with Crippen LogP contribution in [0.5, 0.6) is 5.75 Å². The first-order valence-electron chi connectivity index (χ1n) is 9.60. The Morgan fingerprint density at radius 3 is 2.50 bits per heavy atom. The molecule has 9 nitrogen and oxygen atoms in total. The van der Waals surface area contributed by atoms with Gasteiger partial charge in [0.15, 0.2) is 5.43 Å². The van der Waals surface area contributed by atoms with Crippen molar-refractivity contribution in [2.75, 3.05) is 18.5 Å². The van der Waals surface area contributed by atoms with Crippen molar-refractivity contribution in [3.8, 4) is 28.2 Å². The standard InChI is InChI=1S/C23H18N2O7/c26-8-7-24-23(31)25-12-1-4-15(18(9-12)22(29)30)21-16-5-2-13(27)10-19(16)32-20-11-14(28)3-6-17(20)21/h1-6,9-11,26-27H,7-8H2,(H,29,30)(H2,24,25,31). The first-order valence-corrected chi connectivity index (χ1v) is 9.60. The third-order valence-corrected chi connectivity index (χ3v) is 4.85. The molecule has 0 bridgehead atoms. The second-order valence-electron chi connectivity index (χ2n) is 6.99.